The zero-order chi connectivity index (χ0) is 16.8. The van der Waals surface area contributed by atoms with E-state index in [1.807, 2.05) is 0 Å². The number of carbonyl (C=O) groups is 3. The maximum absolute atomic E-state index is 12.3. The molecule has 6 nitrogen and oxygen atoms in total. The number of benzene rings is 2. The van der Waals surface area contributed by atoms with Crippen molar-refractivity contribution in [2.45, 2.75) is 0 Å². The Balaban J connectivity index is 1.66. The summed E-state index contributed by atoms with van der Waals surface area (Å²) in [5.74, 6) is -2.28. The van der Waals surface area contributed by atoms with Gasteiger partial charge in [-0.15, -0.1) is 0 Å². The predicted octanol–water partition coefficient (Wildman–Crippen LogP) is 3.19. The lowest BCUT2D eigenvalue weighted by Gasteiger charge is -2.12. The van der Waals surface area contributed by atoms with Gasteiger partial charge in [-0.1, -0.05) is 47.0 Å². The van der Waals surface area contributed by atoms with E-state index in [0.717, 1.165) is 0 Å². The second-order valence-electron chi connectivity index (χ2n) is 5.19. The smallest absolute Gasteiger partial charge is 0.348 e. The van der Waals surface area contributed by atoms with Crippen molar-refractivity contribution in [3.05, 3.63) is 70.4 Å². The lowest BCUT2D eigenvalue weighted by Crippen LogP contribution is -2.32. The number of hydrogen-bond acceptors (Lipinski definition) is 4. The number of hydroxylamine groups is 2. The maximum Gasteiger partial charge on any atom is 0.381 e. The van der Waals surface area contributed by atoms with Gasteiger partial charge in [0.05, 0.1) is 16.1 Å². The SMILES string of the molecule is O=C(ON1C(=O)c2ccccc2C1=O)c1[nH]c2ccccc2c1Cl. The Bertz CT molecular complexity index is 989. The summed E-state index contributed by atoms with van der Waals surface area (Å²) in [6, 6.07) is 13.3. The second kappa shape index (κ2) is 5.21. The third-order valence-electron chi connectivity index (χ3n) is 3.78. The van der Waals surface area contributed by atoms with E-state index >= 15 is 0 Å². The number of fused-ring (bicyclic) bond motifs is 2. The van der Waals surface area contributed by atoms with E-state index in [9.17, 15) is 14.4 Å². The minimum atomic E-state index is -0.911. The predicted molar refractivity (Wildman–Crippen MR) is 85.7 cm³/mol. The van der Waals surface area contributed by atoms with Crippen molar-refractivity contribution in [2.75, 3.05) is 0 Å². The molecule has 4 rings (SSSR count). The van der Waals surface area contributed by atoms with Crippen molar-refractivity contribution >= 4 is 40.3 Å². The fourth-order valence-corrected chi connectivity index (χ4v) is 2.92. The molecule has 1 N–H and O–H groups in total. The van der Waals surface area contributed by atoms with Crippen LogP contribution in [0.5, 0.6) is 0 Å². The van der Waals surface area contributed by atoms with Crippen LogP contribution in [0.15, 0.2) is 48.5 Å². The molecular weight excluding hydrogens is 332 g/mol. The van der Waals surface area contributed by atoms with Gasteiger partial charge < -0.3 is 9.82 Å². The van der Waals surface area contributed by atoms with Gasteiger partial charge in [-0.2, -0.15) is 0 Å². The van der Waals surface area contributed by atoms with Crippen LogP contribution in [0.4, 0.5) is 0 Å². The molecule has 1 aromatic heterocycles. The van der Waals surface area contributed by atoms with Crippen molar-refractivity contribution in [2.24, 2.45) is 0 Å². The molecule has 0 spiro atoms. The number of nitrogens with one attached hydrogen (secondary N) is 1. The molecule has 118 valence electrons. The first-order valence-electron chi connectivity index (χ1n) is 7.04. The first-order chi connectivity index (χ1) is 11.6. The van der Waals surface area contributed by atoms with E-state index in [-0.39, 0.29) is 21.8 Å². The number of rotatable bonds is 2. The molecule has 2 aromatic carbocycles. The van der Waals surface area contributed by atoms with Gasteiger partial charge in [0.25, 0.3) is 11.8 Å². The lowest BCUT2D eigenvalue weighted by molar-refractivity contribution is -0.0587. The average Bonchev–Trinajstić information content (AvgIpc) is 3.06. The molecule has 0 saturated heterocycles. The first-order valence-corrected chi connectivity index (χ1v) is 7.42. The number of aromatic amines is 1. The summed E-state index contributed by atoms with van der Waals surface area (Å²) in [5.41, 5.74) is 1.02. The normalized spacial score (nSPS) is 13.5. The quantitative estimate of drug-likeness (QED) is 0.726. The minimum Gasteiger partial charge on any atom is -0.348 e. The van der Waals surface area contributed by atoms with Crippen molar-refractivity contribution in [3.8, 4) is 0 Å². The highest BCUT2D eigenvalue weighted by atomic mass is 35.5. The summed E-state index contributed by atoms with van der Waals surface area (Å²) in [7, 11) is 0. The molecule has 1 aliphatic rings. The number of nitrogens with zero attached hydrogens (tertiary/aromatic N) is 1. The van der Waals surface area contributed by atoms with E-state index in [1.54, 1.807) is 36.4 Å². The van der Waals surface area contributed by atoms with Crippen molar-refractivity contribution < 1.29 is 19.2 Å². The molecule has 2 amide bonds. The van der Waals surface area contributed by atoms with Gasteiger partial charge in [-0.3, -0.25) is 9.59 Å². The topological polar surface area (TPSA) is 79.5 Å². The highest BCUT2D eigenvalue weighted by Crippen LogP contribution is 2.29. The zero-order valence-corrected chi connectivity index (χ0v) is 12.8. The molecule has 1 aliphatic heterocycles. The lowest BCUT2D eigenvalue weighted by atomic mass is 10.1. The molecule has 0 radical (unpaired) electrons. The van der Waals surface area contributed by atoms with Crippen LogP contribution in [0.1, 0.15) is 31.2 Å². The van der Waals surface area contributed by atoms with Crippen molar-refractivity contribution in [1.82, 2.24) is 10.0 Å². The molecule has 0 atom stereocenters. The Morgan fingerprint density at radius 3 is 2.17 bits per heavy atom. The Morgan fingerprint density at radius 1 is 0.958 bits per heavy atom. The third-order valence-corrected chi connectivity index (χ3v) is 4.17. The average molecular weight is 341 g/mol. The molecule has 0 fully saturated rings. The van der Waals surface area contributed by atoms with Crippen molar-refractivity contribution in [1.29, 1.82) is 0 Å². The van der Waals surface area contributed by atoms with E-state index in [0.29, 0.717) is 16.0 Å². The van der Waals surface area contributed by atoms with Gasteiger partial charge in [-0.25, -0.2) is 4.79 Å². The number of carbonyl (C=O) groups excluding carboxylic acids is 3. The maximum atomic E-state index is 12.3. The van der Waals surface area contributed by atoms with Gasteiger partial charge in [-0.05, 0) is 18.2 Å². The number of hydrogen-bond donors (Lipinski definition) is 1. The number of amides is 2. The van der Waals surface area contributed by atoms with Gasteiger partial charge in [0.1, 0.15) is 5.69 Å². The van der Waals surface area contributed by atoms with Gasteiger partial charge in [0.15, 0.2) is 0 Å². The standard InChI is InChI=1S/C17H9ClN2O4/c18-13-11-7-3-4-8-12(11)19-14(13)17(23)24-20-15(21)9-5-1-2-6-10(9)16(20)22/h1-8,19H. The van der Waals surface area contributed by atoms with E-state index in [4.69, 9.17) is 16.4 Å². The summed E-state index contributed by atoms with van der Waals surface area (Å²) in [6.07, 6.45) is 0. The van der Waals surface area contributed by atoms with Gasteiger partial charge >= 0.3 is 5.97 Å². The molecule has 0 saturated carbocycles. The molecule has 0 aliphatic carbocycles. The monoisotopic (exact) mass is 340 g/mol. The highest BCUT2D eigenvalue weighted by Gasteiger charge is 2.39. The van der Waals surface area contributed by atoms with E-state index < -0.39 is 17.8 Å². The van der Waals surface area contributed by atoms with Crippen LogP contribution in [-0.2, 0) is 4.84 Å². The summed E-state index contributed by atoms with van der Waals surface area (Å²) in [5, 5.41) is 1.27. The Kier molecular flexibility index (Phi) is 3.14. The van der Waals surface area contributed by atoms with Crippen LogP contribution in [0, 0.1) is 0 Å². The second-order valence-corrected chi connectivity index (χ2v) is 5.57. The molecule has 0 unspecified atom stereocenters. The Hall–Kier alpha value is -3.12. The van der Waals surface area contributed by atoms with Crippen LogP contribution < -0.4 is 0 Å². The van der Waals surface area contributed by atoms with Crippen LogP contribution >= 0.6 is 11.6 Å². The molecule has 3 aromatic rings. The van der Waals surface area contributed by atoms with Gasteiger partial charge in [0.2, 0.25) is 0 Å². The van der Waals surface area contributed by atoms with Gasteiger partial charge in [0, 0.05) is 10.9 Å². The molecular formula is C17H9ClN2O4. The summed E-state index contributed by atoms with van der Waals surface area (Å²) >= 11 is 6.18. The Labute approximate surface area is 140 Å². The Morgan fingerprint density at radius 2 is 1.54 bits per heavy atom. The first kappa shape index (κ1) is 14.5. The van der Waals surface area contributed by atoms with Crippen LogP contribution in [-0.4, -0.2) is 27.8 Å². The molecule has 0 bridgehead atoms. The third kappa shape index (κ3) is 2.00. The number of halogens is 1. The number of imide groups is 1. The number of H-pyrrole nitrogens is 1. The summed E-state index contributed by atoms with van der Waals surface area (Å²) in [6.45, 7) is 0. The van der Waals surface area contributed by atoms with E-state index in [1.165, 1.54) is 12.1 Å². The summed E-state index contributed by atoms with van der Waals surface area (Å²) < 4.78 is 0. The highest BCUT2D eigenvalue weighted by molar-refractivity contribution is 6.38. The fourth-order valence-electron chi connectivity index (χ4n) is 2.63. The van der Waals surface area contributed by atoms with Crippen molar-refractivity contribution in [3.63, 3.8) is 0 Å². The molecule has 7 heteroatoms. The number of aromatic nitrogens is 1. The minimum absolute atomic E-state index is 0.0191. The fraction of sp³-hybridized carbons (Fsp3) is 0. The number of para-hydroxylation sites is 1. The van der Waals surface area contributed by atoms with Crippen LogP contribution in [0.25, 0.3) is 10.9 Å². The van der Waals surface area contributed by atoms with E-state index in [2.05, 4.69) is 4.98 Å². The van der Waals surface area contributed by atoms with Crippen LogP contribution in [0.3, 0.4) is 0 Å². The van der Waals surface area contributed by atoms with Crippen LogP contribution in [0.2, 0.25) is 5.02 Å². The zero-order valence-electron chi connectivity index (χ0n) is 12.1. The molecule has 24 heavy (non-hydrogen) atoms. The largest absolute Gasteiger partial charge is 0.381 e. The summed E-state index contributed by atoms with van der Waals surface area (Å²) in [4.78, 5) is 44.6. The molecule has 2 heterocycles.